The van der Waals surface area contributed by atoms with Gasteiger partial charge in [-0.3, -0.25) is 0 Å². The Hall–Kier alpha value is -1.22. The molecule has 0 amide bonds. The number of hydrogen-bond acceptors (Lipinski definition) is 3. The highest BCUT2D eigenvalue weighted by Crippen LogP contribution is 2.31. The number of methoxy groups -OCH3 is 1. The monoisotopic (exact) mass is 237 g/mol. The number of hydrogen-bond donors (Lipinski definition) is 1. The first-order valence-corrected chi connectivity index (χ1v) is 6.30. The minimum Gasteiger partial charge on any atom is -0.493 e. The second-order valence-electron chi connectivity index (χ2n) is 3.86. The molecule has 0 aliphatic carbocycles. The molecule has 0 bridgehead atoms. The standard InChI is InChI=1S/C14H23NO2/c1-5-12(15-6-2)11-8-9-13(17-7-3)14(10-11)16-4/h8-10,12,15H,5-7H2,1-4H3/t12-/m1/s1. The molecule has 0 spiro atoms. The van der Waals surface area contributed by atoms with Crippen LogP contribution < -0.4 is 14.8 Å². The first kappa shape index (κ1) is 13.8. The van der Waals surface area contributed by atoms with E-state index in [1.54, 1.807) is 7.11 Å². The van der Waals surface area contributed by atoms with Gasteiger partial charge < -0.3 is 14.8 Å². The zero-order chi connectivity index (χ0) is 12.7. The molecule has 0 aliphatic rings. The zero-order valence-electron chi connectivity index (χ0n) is 11.2. The van der Waals surface area contributed by atoms with Crippen LogP contribution in [0.1, 0.15) is 38.8 Å². The van der Waals surface area contributed by atoms with Gasteiger partial charge in [0.1, 0.15) is 0 Å². The molecule has 0 aromatic heterocycles. The zero-order valence-corrected chi connectivity index (χ0v) is 11.2. The molecule has 0 heterocycles. The van der Waals surface area contributed by atoms with Crippen LogP contribution in [0.2, 0.25) is 0 Å². The molecule has 0 aliphatic heterocycles. The van der Waals surface area contributed by atoms with Crippen molar-refractivity contribution in [3.63, 3.8) is 0 Å². The smallest absolute Gasteiger partial charge is 0.161 e. The van der Waals surface area contributed by atoms with Crippen LogP contribution in [0.25, 0.3) is 0 Å². The summed E-state index contributed by atoms with van der Waals surface area (Å²) in [6.45, 7) is 7.89. The van der Waals surface area contributed by atoms with E-state index in [1.165, 1.54) is 5.56 Å². The Morgan fingerprint density at radius 1 is 1.18 bits per heavy atom. The first-order valence-electron chi connectivity index (χ1n) is 6.30. The third-order valence-corrected chi connectivity index (χ3v) is 2.75. The lowest BCUT2D eigenvalue weighted by molar-refractivity contribution is 0.310. The van der Waals surface area contributed by atoms with Crippen LogP contribution in [-0.4, -0.2) is 20.3 Å². The molecule has 3 heteroatoms. The van der Waals surface area contributed by atoms with Crippen molar-refractivity contribution in [2.45, 2.75) is 33.2 Å². The van der Waals surface area contributed by atoms with Gasteiger partial charge in [-0.25, -0.2) is 0 Å². The molecule has 0 radical (unpaired) electrons. The van der Waals surface area contributed by atoms with Crippen LogP contribution in [0.3, 0.4) is 0 Å². The normalized spacial score (nSPS) is 12.2. The molecule has 3 nitrogen and oxygen atoms in total. The van der Waals surface area contributed by atoms with Gasteiger partial charge in [0.2, 0.25) is 0 Å². The second kappa shape index (κ2) is 7.17. The van der Waals surface area contributed by atoms with E-state index in [-0.39, 0.29) is 0 Å². The Kier molecular flexibility index (Phi) is 5.84. The average molecular weight is 237 g/mol. The highest BCUT2D eigenvalue weighted by molar-refractivity contribution is 5.43. The van der Waals surface area contributed by atoms with Gasteiger partial charge in [-0.15, -0.1) is 0 Å². The van der Waals surface area contributed by atoms with E-state index < -0.39 is 0 Å². The predicted molar refractivity (Wildman–Crippen MR) is 70.9 cm³/mol. The van der Waals surface area contributed by atoms with E-state index in [9.17, 15) is 0 Å². The van der Waals surface area contributed by atoms with Crippen molar-refractivity contribution >= 4 is 0 Å². The van der Waals surface area contributed by atoms with Crippen molar-refractivity contribution in [3.05, 3.63) is 23.8 Å². The lowest BCUT2D eigenvalue weighted by Crippen LogP contribution is -2.20. The van der Waals surface area contributed by atoms with Crippen LogP contribution in [0, 0.1) is 0 Å². The van der Waals surface area contributed by atoms with Crippen LogP contribution >= 0.6 is 0 Å². The van der Waals surface area contributed by atoms with Crippen molar-refractivity contribution < 1.29 is 9.47 Å². The predicted octanol–water partition coefficient (Wildman–Crippen LogP) is 3.15. The molecule has 0 saturated heterocycles. The number of rotatable bonds is 7. The van der Waals surface area contributed by atoms with E-state index in [0.29, 0.717) is 12.6 Å². The van der Waals surface area contributed by atoms with E-state index in [0.717, 1.165) is 24.5 Å². The van der Waals surface area contributed by atoms with Crippen LogP contribution in [-0.2, 0) is 0 Å². The minimum absolute atomic E-state index is 0.379. The summed E-state index contributed by atoms with van der Waals surface area (Å²) in [7, 11) is 1.68. The summed E-state index contributed by atoms with van der Waals surface area (Å²) < 4.78 is 10.9. The molecule has 1 atom stereocenters. The molecular weight excluding hydrogens is 214 g/mol. The first-order chi connectivity index (χ1) is 8.26. The lowest BCUT2D eigenvalue weighted by atomic mass is 10.0. The summed E-state index contributed by atoms with van der Waals surface area (Å²) in [4.78, 5) is 0. The summed E-state index contributed by atoms with van der Waals surface area (Å²) in [5.74, 6) is 1.62. The van der Waals surface area contributed by atoms with Gasteiger partial charge in [-0.1, -0.05) is 19.9 Å². The van der Waals surface area contributed by atoms with Crippen LogP contribution in [0.4, 0.5) is 0 Å². The maximum absolute atomic E-state index is 5.51. The van der Waals surface area contributed by atoms with E-state index in [2.05, 4.69) is 31.3 Å². The van der Waals surface area contributed by atoms with Gasteiger partial charge in [0.25, 0.3) is 0 Å². The van der Waals surface area contributed by atoms with Crippen molar-refractivity contribution in [2.75, 3.05) is 20.3 Å². The topological polar surface area (TPSA) is 30.5 Å². The molecule has 0 saturated carbocycles. The molecule has 0 unspecified atom stereocenters. The third-order valence-electron chi connectivity index (χ3n) is 2.75. The Labute approximate surface area is 104 Å². The quantitative estimate of drug-likeness (QED) is 0.790. The summed E-state index contributed by atoms with van der Waals surface area (Å²) in [5, 5.41) is 3.45. The molecule has 1 rings (SSSR count). The summed E-state index contributed by atoms with van der Waals surface area (Å²) in [5.41, 5.74) is 1.25. The van der Waals surface area contributed by atoms with Gasteiger partial charge in [0.15, 0.2) is 11.5 Å². The Morgan fingerprint density at radius 3 is 2.47 bits per heavy atom. The fraction of sp³-hybridized carbons (Fsp3) is 0.571. The molecular formula is C14H23NO2. The Balaban J connectivity index is 2.94. The highest BCUT2D eigenvalue weighted by atomic mass is 16.5. The number of nitrogens with one attached hydrogen (secondary N) is 1. The Morgan fingerprint density at radius 2 is 1.94 bits per heavy atom. The Bertz CT molecular complexity index is 339. The second-order valence-corrected chi connectivity index (χ2v) is 3.86. The summed E-state index contributed by atoms with van der Waals surface area (Å²) >= 11 is 0. The maximum atomic E-state index is 5.51. The molecule has 1 N–H and O–H groups in total. The van der Waals surface area contributed by atoms with Crippen molar-refractivity contribution in [1.29, 1.82) is 0 Å². The average Bonchev–Trinajstić information content (AvgIpc) is 2.37. The fourth-order valence-electron chi connectivity index (χ4n) is 1.92. The van der Waals surface area contributed by atoms with E-state index in [4.69, 9.17) is 9.47 Å². The van der Waals surface area contributed by atoms with Crippen molar-refractivity contribution in [3.8, 4) is 11.5 Å². The fourth-order valence-corrected chi connectivity index (χ4v) is 1.92. The molecule has 1 aromatic rings. The van der Waals surface area contributed by atoms with E-state index in [1.807, 2.05) is 13.0 Å². The van der Waals surface area contributed by atoms with Crippen LogP contribution in [0.5, 0.6) is 11.5 Å². The number of benzene rings is 1. The van der Waals surface area contributed by atoms with Crippen molar-refractivity contribution in [2.24, 2.45) is 0 Å². The molecule has 1 aromatic carbocycles. The molecule has 96 valence electrons. The highest BCUT2D eigenvalue weighted by Gasteiger charge is 2.11. The number of ether oxygens (including phenoxy) is 2. The van der Waals surface area contributed by atoms with Gasteiger partial charge in [0.05, 0.1) is 13.7 Å². The maximum Gasteiger partial charge on any atom is 0.161 e. The third kappa shape index (κ3) is 3.63. The van der Waals surface area contributed by atoms with Crippen LogP contribution in [0.15, 0.2) is 18.2 Å². The molecule has 0 fully saturated rings. The molecule has 17 heavy (non-hydrogen) atoms. The summed E-state index contributed by atoms with van der Waals surface area (Å²) in [6, 6.07) is 6.52. The van der Waals surface area contributed by atoms with Crippen molar-refractivity contribution in [1.82, 2.24) is 5.32 Å². The lowest BCUT2D eigenvalue weighted by Gasteiger charge is -2.18. The van der Waals surface area contributed by atoms with Gasteiger partial charge in [-0.05, 0) is 37.6 Å². The van der Waals surface area contributed by atoms with Gasteiger partial charge in [0, 0.05) is 6.04 Å². The largest absolute Gasteiger partial charge is 0.493 e. The van der Waals surface area contributed by atoms with E-state index >= 15 is 0 Å². The van der Waals surface area contributed by atoms with Gasteiger partial charge >= 0.3 is 0 Å². The minimum atomic E-state index is 0.379. The summed E-state index contributed by atoms with van der Waals surface area (Å²) in [6.07, 6.45) is 1.06. The SMILES string of the molecule is CCN[C@H](CC)c1ccc(OCC)c(OC)c1. The van der Waals surface area contributed by atoms with Gasteiger partial charge in [-0.2, -0.15) is 0 Å².